The topological polar surface area (TPSA) is 50.1 Å². The molecule has 0 aliphatic heterocycles. The van der Waals surface area contributed by atoms with E-state index in [0.29, 0.717) is 24.5 Å². The summed E-state index contributed by atoms with van der Waals surface area (Å²) in [4.78, 5) is 0. The Morgan fingerprint density at radius 1 is 1.57 bits per heavy atom. The van der Waals surface area contributed by atoms with Gasteiger partial charge < -0.3 is 4.74 Å². The molecule has 1 atom stereocenters. The molecule has 14 heavy (non-hydrogen) atoms. The van der Waals surface area contributed by atoms with E-state index in [9.17, 15) is 4.21 Å². The zero-order valence-electron chi connectivity index (χ0n) is 8.62. The number of nitrogens with zero attached hydrogens (tertiary/aromatic N) is 1. The lowest BCUT2D eigenvalue weighted by Gasteiger charge is -2.09. The highest BCUT2D eigenvalue weighted by Gasteiger charge is 2.43. The van der Waals surface area contributed by atoms with E-state index in [0.717, 1.165) is 19.3 Å². The number of methoxy groups -OCH3 is 1. The second-order valence-electron chi connectivity index (χ2n) is 3.97. The smallest absolute Gasteiger partial charge is 0.0627 e. The van der Waals surface area contributed by atoms with E-state index in [-0.39, 0.29) is 5.41 Å². The average molecular weight is 215 g/mol. The fourth-order valence-corrected chi connectivity index (χ4v) is 3.15. The standard InChI is InChI=1S/C10H17NO2S/c1-13-7-2-8-14(12)9-10(3-4-10)5-6-11/h2-5,7-9H2,1H3. The summed E-state index contributed by atoms with van der Waals surface area (Å²) in [6.45, 7) is 0.678. The molecule has 4 heteroatoms. The lowest BCUT2D eigenvalue weighted by atomic mass is 10.1. The van der Waals surface area contributed by atoms with Gasteiger partial charge in [-0.25, -0.2) is 0 Å². The maximum absolute atomic E-state index is 11.6. The molecule has 0 N–H and O–H groups in total. The quantitative estimate of drug-likeness (QED) is 0.604. The van der Waals surface area contributed by atoms with Gasteiger partial charge in [-0.05, 0) is 24.7 Å². The molecular formula is C10H17NO2S. The molecule has 1 saturated carbocycles. The van der Waals surface area contributed by atoms with Crippen LogP contribution in [0.4, 0.5) is 0 Å². The summed E-state index contributed by atoms with van der Waals surface area (Å²) in [5.74, 6) is 1.42. The number of hydrogen-bond acceptors (Lipinski definition) is 3. The molecule has 80 valence electrons. The largest absolute Gasteiger partial charge is 0.385 e. The van der Waals surface area contributed by atoms with Crippen LogP contribution >= 0.6 is 0 Å². The Balaban J connectivity index is 2.17. The van der Waals surface area contributed by atoms with E-state index < -0.39 is 10.8 Å². The maximum Gasteiger partial charge on any atom is 0.0627 e. The van der Waals surface area contributed by atoms with Crippen molar-refractivity contribution in [2.75, 3.05) is 25.2 Å². The molecule has 0 aromatic rings. The van der Waals surface area contributed by atoms with Crippen LogP contribution in [-0.2, 0) is 15.5 Å². The van der Waals surface area contributed by atoms with Crippen molar-refractivity contribution in [3.63, 3.8) is 0 Å². The fourth-order valence-electron chi connectivity index (χ4n) is 1.49. The second kappa shape index (κ2) is 5.47. The number of ether oxygens (including phenoxy) is 1. The second-order valence-corrected chi connectivity index (χ2v) is 5.55. The van der Waals surface area contributed by atoms with Gasteiger partial charge in [-0.1, -0.05) is 0 Å². The highest BCUT2D eigenvalue weighted by molar-refractivity contribution is 7.85. The Hall–Kier alpha value is -0.400. The summed E-state index contributed by atoms with van der Waals surface area (Å²) < 4.78 is 16.5. The number of rotatable bonds is 7. The van der Waals surface area contributed by atoms with Gasteiger partial charge in [0.2, 0.25) is 0 Å². The molecule has 0 heterocycles. The van der Waals surface area contributed by atoms with Crippen molar-refractivity contribution >= 4 is 10.8 Å². The summed E-state index contributed by atoms with van der Waals surface area (Å²) in [5, 5.41) is 8.60. The summed E-state index contributed by atoms with van der Waals surface area (Å²) >= 11 is 0. The van der Waals surface area contributed by atoms with Gasteiger partial charge in [-0.2, -0.15) is 5.26 Å². The molecule has 0 radical (unpaired) electrons. The first kappa shape index (κ1) is 11.7. The minimum Gasteiger partial charge on any atom is -0.385 e. The van der Waals surface area contributed by atoms with E-state index in [1.54, 1.807) is 7.11 Å². The Bertz CT molecular complexity index is 243. The predicted molar refractivity (Wildman–Crippen MR) is 56.3 cm³/mol. The zero-order chi connectivity index (χ0) is 10.4. The molecule has 0 spiro atoms. The van der Waals surface area contributed by atoms with Gasteiger partial charge in [-0.15, -0.1) is 0 Å². The Kier molecular flexibility index (Phi) is 4.56. The van der Waals surface area contributed by atoms with Gasteiger partial charge in [-0.3, -0.25) is 4.21 Å². The maximum atomic E-state index is 11.6. The van der Waals surface area contributed by atoms with Crippen molar-refractivity contribution in [1.29, 1.82) is 5.26 Å². The summed E-state index contributed by atoms with van der Waals surface area (Å²) in [6, 6.07) is 2.18. The van der Waals surface area contributed by atoms with Crippen molar-refractivity contribution in [3.05, 3.63) is 0 Å². The molecule has 0 aromatic heterocycles. The molecule has 3 nitrogen and oxygen atoms in total. The number of nitriles is 1. The molecule has 0 saturated heterocycles. The van der Waals surface area contributed by atoms with Crippen molar-refractivity contribution in [2.45, 2.75) is 25.7 Å². The molecule has 1 fully saturated rings. The Morgan fingerprint density at radius 3 is 2.79 bits per heavy atom. The summed E-state index contributed by atoms with van der Waals surface area (Å²) in [7, 11) is 0.893. The first-order valence-electron chi connectivity index (χ1n) is 4.93. The van der Waals surface area contributed by atoms with Gasteiger partial charge in [0.25, 0.3) is 0 Å². The highest BCUT2D eigenvalue weighted by atomic mass is 32.2. The molecule has 0 aromatic carbocycles. The lowest BCUT2D eigenvalue weighted by Crippen LogP contribution is -2.14. The van der Waals surface area contributed by atoms with Crippen LogP contribution in [-0.4, -0.2) is 29.4 Å². The van der Waals surface area contributed by atoms with Gasteiger partial charge >= 0.3 is 0 Å². The fraction of sp³-hybridized carbons (Fsp3) is 0.900. The first-order valence-corrected chi connectivity index (χ1v) is 6.42. The zero-order valence-corrected chi connectivity index (χ0v) is 9.44. The first-order chi connectivity index (χ1) is 6.72. The van der Waals surface area contributed by atoms with E-state index in [4.69, 9.17) is 10.00 Å². The monoisotopic (exact) mass is 215 g/mol. The third kappa shape index (κ3) is 3.77. The molecule has 1 unspecified atom stereocenters. The lowest BCUT2D eigenvalue weighted by molar-refractivity contribution is 0.200. The summed E-state index contributed by atoms with van der Waals surface area (Å²) in [5.41, 5.74) is 0.118. The molecule has 0 amide bonds. The highest BCUT2D eigenvalue weighted by Crippen LogP contribution is 2.49. The molecule has 1 rings (SSSR count). The van der Waals surface area contributed by atoms with Crippen LogP contribution in [0.15, 0.2) is 0 Å². The molecule has 1 aliphatic carbocycles. The molecule has 1 aliphatic rings. The van der Waals surface area contributed by atoms with Crippen LogP contribution in [0.5, 0.6) is 0 Å². The van der Waals surface area contributed by atoms with Crippen LogP contribution in [0, 0.1) is 16.7 Å². The third-order valence-electron chi connectivity index (χ3n) is 2.60. The van der Waals surface area contributed by atoms with Crippen LogP contribution in [0.25, 0.3) is 0 Å². The van der Waals surface area contributed by atoms with Crippen molar-refractivity contribution < 1.29 is 8.95 Å². The Labute approximate surface area is 87.9 Å². The molecular weight excluding hydrogens is 198 g/mol. The molecule has 0 bridgehead atoms. The Morgan fingerprint density at radius 2 is 2.29 bits per heavy atom. The predicted octanol–water partition coefficient (Wildman–Crippen LogP) is 1.47. The SMILES string of the molecule is COCCCS(=O)CC1(CC#N)CC1. The van der Waals surface area contributed by atoms with E-state index in [1.807, 2.05) is 0 Å². The van der Waals surface area contributed by atoms with Crippen LogP contribution in [0.3, 0.4) is 0 Å². The van der Waals surface area contributed by atoms with Crippen LogP contribution < -0.4 is 0 Å². The minimum atomic E-state index is -0.761. The normalized spacial score (nSPS) is 20.0. The summed E-state index contributed by atoms with van der Waals surface area (Å²) in [6.07, 6.45) is 3.59. The van der Waals surface area contributed by atoms with E-state index in [1.165, 1.54) is 0 Å². The van der Waals surface area contributed by atoms with Gasteiger partial charge in [0.05, 0.1) is 6.07 Å². The minimum absolute atomic E-state index is 0.118. The van der Waals surface area contributed by atoms with Gasteiger partial charge in [0.1, 0.15) is 0 Å². The van der Waals surface area contributed by atoms with Gasteiger partial charge in [0.15, 0.2) is 0 Å². The van der Waals surface area contributed by atoms with Crippen molar-refractivity contribution in [2.24, 2.45) is 5.41 Å². The number of hydrogen-bond donors (Lipinski definition) is 0. The van der Waals surface area contributed by atoms with Gasteiger partial charge in [0, 0.05) is 42.4 Å². The third-order valence-corrected chi connectivity index (χ3v) is 4.28. The van der Waals surface area contributed by atoms with E-state index >= 15 is 0 Å². The van der Waals surface area contributed by atoms with Crippen molar-refractivity contribution in [1.82, 2.24) is 0 Å². The van der Waals surface area contributed by atoms with E-state index in [2.05, 4.69) is 6.07 Å². The van der Waals surface area contributed by atoms with Crippen molar-refractivity contribution in [3.8, 4) is 6.07 Å². The average Bonchev–Trinajstić information content (AvgIpc) is 2.86. The van der Waals surface area contributed by atoms with Crippen LogP contribution in [0.2, 0.25) is 0 Å². The van der Waals surface area contributed by atoms with Crippen LogP contribution in [0.1, 0.15) is 25.7 Å².